The maximum Gasteiger partial charge on any atom is 0.108 e. The minimum Gasteiger partial charge on any atom is -0.377 e. The van der Waals surface area contributed by atoms with Crippen molar-refractivity contribution in [3.63, 3.8) is 0 Å². The van der Waals surface area contributed by atoms with E-state index in [9.17, 15) is 5.26 Å². The molecule has 4 nitrogen and oxygen atoms in total. The van der Waals surface area contributed by atoms with Crippen molar-refractivity contribution >= 4 is 0 Å². The van der Waals surface area contributed by atoms with Crippen molar-refractivity contribution in [2.24, 2.45) is 0 Å². The predicted molar refractivity (Wildman–Crippen MR) is 80.5 cm³/mol. The van der Waals surface area contributed by atoms with Gasteiger partial charge >= 0.3 is 0 Å². The van der Waals surface area contributed by atoms with Gasteiger partial charge in [-0.15, -0.1) is 0 Å². The Morgan fingerprint density at radius 3 is 2.95 bits per heavy atom. The molecule has 1 aliphatic heterocycles. The van der Waals surface area contributed by atoms with Crippen molar-refractivity contribution in [2.45, 2.75) is 70.1 Å². The lowest BCUT2D eigenvalue weighted by atomic mass is 9.98. The van der Waals surface area contributed by atoms with Gasteiger partial charge in [0.25, 0.3) is 0 Å². The highest BCUT2D eigenvalue weighted by atomic mass is 16.5. The van der Waals surface area contributed by atoms with Gasteiger partial charge in [-0.05, 0) is 58.5 Å². The van der Waals surface area contributed by atoms with Crippen LogP contribution in [-0.4, -0.2) is 48.8 Å². The maximum absolute atomic E-state index is 9.54. The van der Waals surface area contributed by atoms with Crippen LogP contribution in [0.15, 0.2) is 0 Å². The summed E-state index contributed by atoms with van der Waals surface area (Å²) in [5, 5.41) is 13.0. The number of nitrogens with one attached hydrogen (secondary N) is 1. The van der Waals surface area contributed by atoms with Crippen molar-refractivity contribution < 1.29 is 4.74 Å². The van der Waals surface area contributed by atoms with Crippen LogP contribution in [0.5, 0.6) is 0 Å². The smallest absolute Gasteiger partial charge is 0.108 e. The van der Waals surface area contributed by atoms with E-state index in [1.54, 1.807) is 0 Å². The number of ether oxygens (including phenoxy) is 1. The second kappa shape index (κ2) is 7.40. The third-order valence-electron chi connectivity index (χ3n) is 4.74. The molecule has 1 N–H and O–H groups in total. The molecule has 0 bridgehead atoms. The zero-order chi connectivity index (χ0) is 14.4. The van der Waals surface area contributed by atoms with Crippen molar-refractivity contribution in [2.75, 3.05) is 26.2 Å². The summed E-state index contributed by atoms with van der Waals surface area (Å²) < 4.78 is 5.79. The Morgan fingerprint density at radius 2 is 2.25 bits per heavy atom. The van der Waals surface area contributed by atoms with Crippen molar-refractivity contribution in [3.05, 3.63) is 0 Å². The van der Waals surface area contributed by atoms with Gasteiger partial charge < -0.3 is 4.74 Å². The van der Waals surface area contributed by atoms with Gasteiger partial charge in [0, 0.05) is 19.2 Å². The molecule has 2 rings (SSSR count). The number of hydrogen-bond donors (Lipinski definition) is 1. The molecule has 2 fully saturated rings. The molecule has 0 aromatic heterocycles. The minimum atomic E-state index is -0.279. The topological polar surface area (TPSA) is 48.3 Å². The second-order valence-corrected chi connectivity index (χ2v) is 6.23. The number of likely N-dealkylation sites (tertiary alicyclic amines) is 1. The summed E-state index contributed by atoms with van der Waals surface area (Å²) in [6, 6.07) is 3.11. The van der Waals surface area contributed by atoms with Gasteiger partial charge in [0.15, 0.2) is 0 Å². The molecule has 0 aromatic carbocycles. The molecule has 3 atom stereocenters. The standard InChI is InChI=1S/C16H29N3O/c1-3-9-18-16(13-17)8-7-14(11-16)19-10-5-6-15(12-19)20-4-2/h14-15,18H,3-12H2,1-2H3. The van der Waals surface area contributed by atoms with E-state index in [-0.39, 0.29) is 5.54 Å². The summed E-state index contributed by atoms with van der Waals surface area (Å²) in [6.45, 7) is 8.20. The molecule has 3 unspecified atom stereocenters. The molecule has 1 saturated carbocycles. The van der Waals surface area contributed by atoms with E-state index in [1.807, 2.05) is 0 Å². The van der Waals surface area contributed by atoms with Gasteiger partial charge in [0.1, 0.15) is 5.54 Å². The quantitative estimate of drug-likeness (QED) is 0.810. The molecule has 4 heteroatoms. The molecule has 1 saturated heterocycles. The third kappa shape index (κ3) is 3.72. The molecule has 20 heavy (non-hydrogen) atoms. The fraction of sp³-hybridized carbons (Fsp3) is 0.938. The minimum absolute atomic E-state index is 0.279. The molecule has 0 spiro atoms. The van der Waals surface area contributed by atoms with Gasteiger partial charge in [-0.2, -0.15) is 5.26 Å². The Morgan fingerprint density at radius 1 is 1.40 bits per heavy atom. The highest BCUT2D eigenvalue weighted by molar-refractivity contribution is 5.13. The van der Waals surface area contributed by atoms with Gasteiger partial charge in [-0.3, -0.25) is 10.2 Å². The molecule has 0 aromatic rings. The normalized spacial score (nSPS) is 35.0. The Balaban J connectivity index is 1.89. The largest absolute Gasteiger partial charge is 0.377 e. The lowest BCUT2D eigenvalue weighted by Gasteiger charge is -2.37. The first kappa shape index (κ1) is 15.8. The molecule has 1 heterocycles. The summed E-state index contributed by atoms with van der Waals surface area (Å²) in [5.41, 5.74) is -0.279. The lowest BCUT2D eigenvalue weighted by molar-refractivity contribution is -0.00706. The van der Waals surface area contributed by atoms with E-state index in [1.165, 1.54) is 19.4 Å². The number of nitriles is 1. The third-order valence-corrected chi connectivity index (χ3v) is 4.74. The van der Waals surface area contributed by atoms with Crippen LogP contribution in [0.2, 0.25) is 0 Å². The van der Waals surface area contributed by atoms with Crippen LogP contribution in [0.1, 0.15) is 52.4 Å². The number of piperidine rings is 1. The van der Waals surface area contributed by atoms with Crippen molar-refractivity contribution in [1.82, 2.24) is 10.2 Å². The Hall–Kier alpha value is -0.630. The van der Waals surface area contributed by atoms with Crippen LogP contribution in [0, 0.1) is 11.3 Å². The molecular weight excluding hydrogens is 250 g/mol. The fourth-order valence-electron chi connectivity index (χ4n) is 3.67. The average Bonchev–Trinajstić information content (AvgIpc) is 2.91. The summed E-state index contributed by atoms with van der Waals surface area (Å²) >= 11 is 0. The average molecular weight is 279 g/mol. The first-order valence-electron chi connectivity index (χ1n) is 8.25. The van der Waals surface area contributed by atoms with E-state index in [0.717, 1.165) is 45.4 Å². The summed E-state index contributed by atoms with van der Waals surface area (Å²) in [6.07, 6.45) is 7.01. The molecule has 0 radical (unpaired) electrons. The first-order chi connectivity index (χ1) is 9.73. The van der Waals surface area contributed by atoms with Crippen LogP contribution in [0.4, 0.5) is 0 Å². The maximum atomic E-state index is 9.54. The number of hydrogen-bond acceptors (Lipinski definition) is 4. The van der Waals surface area contributed by atoms with Gasteiger partial charge in [0.2, 0.25) is 0 Å². The van der Waals surface area contributed by atoms with E-state index >= 15 is 0 Å². The molecule has 114 valence electrons. The monoisotopic (exact) mass is 279 g/mol. The van der Waals surface area contributed by atoms with Crippen LogP contribution < -0.4 is 5.32 Å². The Kier molecular flexibility index (Phi) is 5.83. The van der Waals surface area contributed by atoms with E-state index < -0.39 is 0 Å². The summed E-state index contributed by atoms with van der Waals surface area (Å²) in [4.78, 5) is 2.57. The highest BCUT2D eigenvalue weighted by Gasteiger charge is 2.42. The number of rotatable bonds is 6. The summed E-state index contributed by atoms with van der Waals surface area (Å²) in [7, 11) is 0. The number of nitrogens with zero attached hydrogens (tertiary/aromatic N) is 2. The van der Waals surface area contributed by atoms with Crippen LogP contribution in [0.3, 0.4) is 0 Å². The second-order valence-electron chi connectivity index (χ2n) is 6.23. The zero-order valence-electron chi connectivity index (χ0n) is 13.0. The van der Waals surface area contributed by atoms with Gasteiger partial charge in [-0.1, -0.05) is 6.92 Å². The van der Waals surface area contributed by atoms with E-state index in [0.29, 0.717) is 12.1 Å². The van der Waals surface area contributed by atoms with E-state index in [2.05, 4.69) is 30.1 Å². The Bertz CT molecular complexity index is 339. The fourth-order valence-corrected chi connectivity index (χ4v) is 3.67. The van der Waals surface area contributed by atoms with Crippen molar-refractivity contribution in [3.8, 4) is 6.07 Å². The van der Waals surface area contributed by atoms with Crippen molar-refractivity contribution in [1.29, 1.82) is 5.26 Å². The lowest BCUT2D eigenvalue weighted by Crippen LogP contribution is -2.47. The van der Waals surface area contributed by atoms with Crippen LogP contribution in [0.25, 0.3) is 0 Å². The Labute approximate surface area is 123 Å². The highest BCUT2D eigenvalue weighted by Crippen LogP contribution is 2.34. The molecule has 2 aliphatic rings. The zero-order valence-corrected chi connectivity index (χ0v) is 13.0. The van der Waals surface area contributed by atoms with Gasteiger partial charge in [-0.25, -0.2) is 0 Å². The first-order valence-corrected chi connectivity index (χ1v) is 8.25. The predicted octanol–water partition coefficient (Wildman–Crippen LogP) is 2.30. The molecular formula is C16H29N3O. The van der Waals surface area contributed by atoms with Gasteiger partial charge in [0.05, 0.1) is 12.2 Å². The summed E-state index contributed by atoms with van der Waals surface area (Å²) in [5.74, 6) is 0. The molecule has 0 amide bonds. The van der Waals surface area contributed by atoms with E-state index in [4.69, 9.17) is 4.74 Å². The van der Waals surface area contributed by atoms with Crippen LogP contribution >= 0.6 is 0 Å². The molecule has 1 aliphatic carbocycles. The van der Waals surface area contributed by atoms with Crippen LogP contribution in [-0.2, 0) is 4.74 Å². The SMILES string of the molecule is CCCNC1(C#N)CCC(N2CCCC(OCC)C2)C1.